The lowest BCUT2D eigenvalue weighted by Gasteiger charge is -2.09. The van der Waals surface area contributed by atoms with Crippen LogP contribution in [-0.2, 0) is 0 Å². The van der Waals surface area contributed by atoms with Gasteiger partial charge in [0.1, 0.15) is 11.5 Å². The number of hydrazine groups is 1. The number of nitro groups is 1. The van der Waals surface area contributed by atoms with Crippen molar-refractivity contribution in [2.45, 2.75) is 6.92 Å². The molecule has 0 aliphatic rings. The number of benzene rings is 1. The number of pyridine rings is 1. The van der Waals surface area contributed by atoms with Crippen molar-refractivity contribution in [2.75, 3.05) is 5.43 Å². The Kier molecular flexibility index (Phi) is 3.58. The number of non-ortho nitro benzene ring substituents is 1. The van der Waals surface area contributed by atoms with Crippen LogP contribution in [0, 0.1) is 17.0 Å². The summed E-state index contributed by atoms with van der Waals surface area (Å²) in [5.41, 5.74) is 3.34. The highest BCUT2D eigenvalue weighted by atomic mass is 16.6. The molecule has 1 aromatic heterocycles. The molecule has 0 aliphatic heterocycles. The summed E-state index contributed by atoms with van der Waals surface area (Å²) in [4.78, 5) is 14.4. The van der Waals surface area contributed by atoms with Gasteiger partial charge in [-0.05, 0) is 19.1 Å². The summed E-state index contributed by atoms with van der Waals surface area (Å²) in [7, 11) is 0. The summed E-state index contributed by atoms with van der Waals surface area (Å²) < 4.78 is 5.58. The van der Waals surface area contributed by atoms with Crippen LogP contribution in [0.2, 0.25) is 0 Å². The minimum Gasteiger partial charge on any atom is -0.455 e. The van der Waals surface area contributed by atoms with Gasteiger partial charge in [0.25, 0.3) is 5.69 Å². The molecule has 3 N–H and O–H groups in total. The number of aryl methyl sites for hydroxylation is 1. The number of nitro benzene ring substituents is 1. The lowest BCUT2D eigenvalue weighted by molar-refractivity contribution is -0.384. The van der Waals surface area contributed by atoms with Crippen molar-refractivity contribution in [1.82, 2.24) is 4.98 Å². The molecule has 7 heteroatoms. The Bertz CT molecular complexity index is 616. The summed E-state index contributed by atoms with van der Waals surface area (Å²) >= 11 is 0. The number of rotatable bonds is 4. The Morgan fingerprint density at radius 1 is 1.42 bits per heavy atom. The van der Waals surface area contributed by atoms with Gasteiger partial charge in [-0.1, -0.05) is 0 Å². The molecule has 1 heterocycles. The molecule has 0 atom stereocenters. The van der Waals surface area contributed by atoms with Crippen molar-refractivity contribution >= 4 is 11.4 Å². The average molecular weight is 260 g/mol. The molecule has 1 aromatic carbocycles. The highest BCUT2D eigenvalue weighted by Gasteiger charge is 2.11. The third-order valence-electron chi connectivity index (χ3n) is 2.46. The SMILES string of the molecule is Cc1ncccc1Oc1cc(NN)cc([N+](=O)[O-])c1. The van der Waals surface area contributed by atoms with Crippen molar-refractivity contribution in [3.63, 3.8) is 0 Å². The Balaban J connectivity index is 2.37. The molecule has 0 aliphatic carbocycles. The zero-order valence-corrected chi connectivity index (χ0v) is 10.2. The van der Waals surface area contributed by atoms with Gasteiger partial charge in [-0.3, -0.25) is 20.9 Å². The van der Waals surface area contributed by atoms with Crippen LogP contribution in [0.4, 0.5) is 11.4 Å². The third-order valence-corrected chi connectivity index (χ3v) is 2.46. The van der Waals surface area contributed by atoms with Crippen LogP contribution in [0.5, 0.6) is 11.5 Å². The standard InChI is InChI=1S/C12H12N4O3/c1-8-12(3-2-4-14-8)19-11-6-9(15-13)5-10(7-11)16(17)18/h2-7,15H,13H2,1H3. The molecule has 0 saturated heterocycles. The summed E-state index contributed by atoms with van der Waals surface area (Å²) in [6.45, 7) is 1.79. The maximum absolute atomic E-state index is 10.8. The zero-order chi connectivity index (χ0) is 13.8. The van der Waals surface area contributed by atoms with Crippen molar-refractivity contribution in [3.05, 3.63) is 52.3 Å². The average Bonchev–Trinajstić information content (AvgIpc) is 2.41. The third kappa shape index (κ3) is 2.96. The van der Waals surface area contributed by atoms with E-state index in [0.717, 1.165) is 0 Å². The van der Waals surface area contributed by atoms with Gasteiger partial charge < -0.3 is 10.2 Å². The molecule has 0 bridgehead atoms. The van der Waals surface area contributed by atoms with E-state index in [1.54, 1.807) is 31.3 Å². The fourth-order valence-corrected chi connectivity index (χ4v) is 1.54. The first-order chi connectivity index (χ1) is 9.10. The van der Waals surface area contributed by atoms with E-state index in [-0.39, 0.29) is 5.69 Å². The summed E-state index contributed by atoms with van der Waals surface area (Å²) in [5.74, 6) is 6.12. The molecule has 2 rings (SSSR count). The molecule has 0 saturated carbocycles. The van der Waals surface area contributed by atoms with E-state index in [9.17, 15) is 10.1 Å². The van der Waals surface area contributed by atoms with Gasteiger partial charge in [0.15, 0.2) is 0 Å². The molecule has 0 spiro atoms. The predicted octanol–water partition coefficient (Wildman–Crippen LogP) is 2.38. The van der Waals surface area contributed by atoms with Crippen LogP contribution in [0.3, 0.4) is 0 Å². The van der Waals surface area contributed by atoms with E-state index in [2.05, 4.69) is 10.4 Å². The lowest BCUT2D eigenvalue weighted by Crippen LogP contribution is -2.07. The predicted molar refractivity (Wildman–Crippen MR) is 70.0 cm³/mol. The normalized spacial score (nSPS) is 10.0. The topological polar surface area (TPSA) is 103 Å². The van der Waals surface area contributed by atoms with Gasteiger partial charge in [-0.15, -0.1) is 0 Å². The minimum atomic E-state index is -0.510. The zero-order valence-electron chi connectivity index (χ0n) is 10.2. The highest BCUT2D eigenvalue weighted by molar-refractivity contribution is 5.56. The number of ether oxygens (including phenoxy) is 1. The fraction of sp³-hybridized carbons (Fsp3) is 0.0833. The van der Waals surface area contributed by atoms with Gasteiger partial charge in [0.05, 0.1) is 22.4 Å². The van der Waals surface area contributed by atoms with Gasteiger partial charge in [-0.25, -0.2) is 0 Å². The monoisotopic (exact) mass is 260 g/mol. The number of nitrogens with zero attached hydrogens (tertiary/aromatic N) is 2. The number of nitrogens with two attached hydrogens (primary N) is 1. The smallest absolute Gasteiger partial charge is 0.275 e. The number of anilines is 1. The van der Waals surface area contributed by atoms with Crippen LogP contribution in [-0.4, -0.2) is 9.91 Å². The molecule has 0 unspecified atom stereocenters. The van der Waals surface area contributed by atoms with Crippen LogP contribution in [0.1, 0.15) is 5.69 Å². The van der Waals surface area contributed by atoms with E-state index >= 15 is 0 Å². The van der Waals surface area contributed by atoms with Crippen LogP contribution in [0.15, 0.2) is 36.5 Å². The number of nitrogen functional groups attached to an aromatic ring is 1. The van der Waals surface area contributed by atoms with E-state index in [0.29, 0.717) is 22.9 Å². The second-order valence-electron chi connectivity index (χ2n) is 3.81. The molecule has 7 nitrogen and oxygen atoms in total. The molecular weight excluding hydrogens is 248 g/mol. The van der Waals surface area contributed by atoms with Crippen molar-refractivity contribution in [2.24, 2.45) is 5.84 Å². The van der Waals surface area contributed by atoms with E-state index in [1.165, 1.54) is 12.1 Å². The largest absolute Gasteiger partial charge is 0.455 e. The second-order valence-corrected chi connectivity index (χ2v) is 3.81. The van der Waals surface area contributed by atoms with E-state index in [4.69, 9.17) is 10.6 Å². The maximum atomic E-state index is 10.8. The van der Waals surface area contributed by atoms with Gasteiger partial charge in [-0.2, -0.15) is 0 Å². The molecule has 0 fully saturated rings. The first-order valence-corrected chi connectivity index (χ1v) is 5.45. The van der Waals surface area contributed by atoms with Gasteiger partial charge >= 0.3 is 0 Å². The maximum Gasteiger partial charge on any atom is 0.275 e. The first kappa shape index (κ1) is 12.8. The number of aromatic nitrogens is 1. The van der Waals surface area contributed by atoms with Gasteiger partial charge in [0, 0.05) is 18.3 Å². The Labute approximate surface area is 109 Å². The lowest BCUT2D eigenvalue weighted by atomic mass is 10.2. The molecule has 0 radical (unpaired) electrons. The molecule has 2 aromatic rings. The molecule has 19 heavy (non-hydrogen) atoms. The van der Waals surface area contributed by atoms with Crippen molar-refractivity contribution in [1.29, 1.82) is 0 Å². The Hall–Kier alpha value is -2.67. The van der Waals surface area contributed by atoms with Crippen LogP contribution in [0.25, 0.3) is 0 Å². The van der Waals surface area contributed by atoms with Gasteiger partial charge in [0.2, 0.25) is 0 Å². The summed E-state index contributed by atoms with van der Waals surface area (Å²) in [6, 6.07) is 7.67. The number of hydrogen-bond donors (Lipinski definition) is 2. The number of hydrogen-bond acceptors (Lipinski definition) is 6. The molecule has 0 amide bonds. The Morgan fingerprint density at radius 2 is 2.21 bits per heavy atom. The van der Waals surface area contributed by atoms with E-state index in [1.807, 2.05) is 0 Å². The summed E-state index contributed by atoms with van der Waals surface area (Å²) in [6.07, 6.45) is 1.64. The Morgan fingerprint density at radius 3 is 2.84 bits per heavy atom. The molecule has 98 valence electrons. The van der Waals surface area contributed by atoms with Crippen molar-refractivity contribution < 1.29 is 9.66 Å². The number of nitrogens with one attached hydrogen (secondary N) is 1. The fourth-order valence-electron chi connectivity index (χ4n) is 1.54. The van der Waals surface area contributed by atoms with Crippen molar-refractivity contribution in [3.8, 4) is 11.5 Å². The van der Waals surface area contributed by atoms with Crippen LogP contribution >= 0.6 is 0 Å². The quantitative estimate of drug-likeness (QED) is 0.497. The second kappa shape index (κ2) is 5.32. The van der Waals surface area contributed by atoms with Crippen LogP contribution < -0.4 is 16.0 Å². The van der Waals surface area contributed by atoms with E-state index < -0.39 is 4.92 Å². The first-order valence-electron chi connectivity index (χ1n) is 5.45. The summed E-state index contributed by atoms with van der Waals surface area (Å²) in [5, 5.41) is 10.8. The highest BCUT2D eigenvalue weighted by Crippen LogP contribution is 2.30. The molecular formula is C12H12N4O3. The minimum absolute atomic E-state index is 0.105.